The lowest BCUT2D eigenvalue weighted by atomic mass is 9.86. The largest absolute Gasteiger partial charge is 0.492 e. The summed E-state index contributed by atoms with van der Waals surface area (Å²) >= 11 is 0. The number of nitrogens with two attached hydrogens (primary N) is 4. The van der Waals surface area contributed by atoms with Gasteiger partial charge in [0.05, 0.1) is 35.5 Å². The number of carbonyl (C=O) groups is 6. The predicted molar refractivity (Wildman–Crippen MR) is 265 cm³/mol. The van der Waals surface area contributed by atoms with Gasteiger partial charge in [-0.25, -0.2) is 9.97 Å². The molecular weight excluding hydrogens is 891 g/mol. The first kappa shape index (κ1) is 54.1. The Labute approximate surface area is 410 Å². The molecule has 9 N–H and O–H groups in total. The van der Waals surface area contributed by atoms with E-state index in [0.717, 1.165) is 11.1 Å². The third kappa shape index (κ3) is 13.3. The van der Waals surface area contributed by atoms with Gasteiger partial charge in [0.2, 0.25) is 17.7 Å². The minimum Gasteiger partial charge on any atom is -0.492 e. The van der Waals surface area contributed by atoms with Crippen molar-refractivity contribution in [2.45, 2.75) is 104 Å². The number of primary amides is 1. The summed E-state index contributed by atoms with van der Waals surface area (Å²) in [5.41, 5.74) is 28.7. The van der Waals surface area contributed by atoms with Crippen LogP contribution in [0.2, 0.25) is 0 Å². The highest BCUT2D eigenvalue weighted by Crippen LogP contribution is 2.43. The first-order valence-electron chi connectivity index (χ1n) is 23.7. The van der Waals surface area contributed by atoms with E-state index >= 15 is 4.79 Å². The van der Waals surface area contributed by atoms with Gasteiger partial charge in [0.15, 0.2) is 23.2 Å². The number of Topliss-reactive ketones (excluding diaryl/α,β-unsaturated/α-hetero) is 3. The SMILES string of the molecule is Cc1nc(-c2ccc(C(C)(C)C)cc2)nc(C)c1C(=O)C[C@@H](CCN)C(=O)N(C)[C@@H]1C(=O)C[C@@H](C)C(=O)N[C@H](C(=O)CCC#N)Cc2ccc(OCCN)c(c2)-c2cc1cc(CC(N)=O)c2OCCN. The van der Waals surface area contributed by atoms with Gasteiger partial charge in [-0.2, -0.15) is 5.26 Å². The molecule has 4 aromatic rings. The van der Waals surface area contributed by atoms with Crippen molar-refractivity contribution in [2.24, 2.45) is 34.8 Å². The van der Waals surface area contributed by atoms with Crippen molar-refractivity contribution < 1.29 is 38.2 Å². The van der Waals surface area contributed by atoms with Gasteiger partial charge in [0.1, 0.15) is 30.8 Å². The number of hydrogen-bond acceptors (Lipinski definition) is 14. The van der Waals surface area contributed by atoms with Gasteiger partial charge in [-0.3, -0.25) is 28.8 Å². The number of likely N-dealkylation sites (N-methyl/N-ethyl adjacent to an activating group) is 1. The highest BCUT2D eigenvalue weighted by molar-refractivity contribution is 6.01. The zero-order valence-electron chi connectivity index (χ0n) is 41.4. The molecule has 0 unspecified atom stereocenters. The molecule has 372 valence electrons. The smallest absolute Gasteiger partial charge is 0.226 e. The summed E-state index contributed by atoms with van der Waals surface area (Å²) in [6.45, 7) is 11.8. The molecule has 17 nitrogen and oxygen atoms in total. The number of hydrogen-bond donors (Lipinski definition) is 5. The fraction of sp³-hybridized carbons (Fsp3) is 0.453. The molecule has 0 saturated carbocycles. The second-order valence-electron chi connectivity index (χ2n) is 18.9. The number of nitrogens with zero attached hydrogens (tertiary/aromatic N) is 4. The van der Waals surface area contributed by atoms with Gasteiger partial charge < -0.3 is 42.6 Å². The molecule has 17 heteroatoms. The van der Waals surface area contributed by atoms with E-state index in [1.165, 1.54) is 11.9 Å². The van der Waals surface area contributed by atoms with Gasteiger partial charge in [0, 0.05) is 79.9 Å². The molecule has 70 heavy (non-hydrogen) atoms. The topological polar surface area (TPSA) is 290 Å². The number of aryl methyl sites for hydroxylation is 2. The Hall–Kier alpha value is -6.87. The summed E-state index contributed by atoms with van der Waals surface area (Å²) in [7, 11) is 1.44. The number of benzene rings is 3. The van der Waals surface area contributed by atoms with Gasteiger partial charge in [-0.05, 0) is 79.6 Å². The number of ketones is 3. The number of rotatable bonds is 19. The molecule has 0 aliphatic carbocycles. The highest BCUT2D eigenvalue weighted by Gasteiger charge is 2.37. The monoisotopic (exact) mass is 958 g/mol. The van der Waals surface area contributed by atoms with Crippen molar-refractivity contribution in [1.29, 1.82) is 5.26 Å². The Morgan fingerprint density at radius 3 is 2.16 bits per heavy atom. The highest BCUT2D eigenvalue weighted by atomic mass is 16.5. The fourth-order valence-corrected chi connectivity index (χ4v) is 8.83. The van der Waals surface area contributed by atoms with Gasteiger partial charge in [-0.15, -0.1) is 0 Å². The lowest BCUT2D eigenvalue weighted by molar-refractivity contribution is -0.142. The molecule has 1 aliphatic heterocycles. The molecule has 0 saturated heterocycles. The molecule has 1 aliphatic rings. The summed E-state index contributed by atoms with van der Waals surface area (Å²) in [5.74, 6) is -4.24. The van der Waals surface area contributed by atoms with Crippen LogP contribution in [0.25, 0.3) is 22.5 Å². The average molecular weight is 958 g/mol. The number of amides is 3. The van der Waals surface area contributed by atoms with Gasteiger partial charge in [-0.1, -0.05) is 58.0 Å². The number of carbonyl (C=O) groups excluding carboxylic acids is 6. The maximum absolute atomic E-state index is 15.0. The third-order valence-electron chi connectivity index (χ3n) is 12.4. The van der Waals surface area contributed by atoms with E-state index in [1.807, 2.05) is 30.3 Å². The van der Waals surface area contributed by atoms with Crippen LogP contribution in [0, 0.1) is 37.0 Å². The van der Waals surface area contributed by atoms with E-state index in [2.05, 4.69) is 26.1 Å². The Bertz CT molecular complexity index is 2610. The second kappa shape index (κ2) is 24.1. The Morgan fingerprint density at radius 1 is 0.900 bits per heavy atom. The number of nitrogens with one attached hydrogen (secondary N) is 1. The van der Waals surface area contributed by atoms with Crippen LogP contribution in [0.1, 0.15) is 110 Å². The molecule has 1 aromatic heterocycles. The quantitative estimate of drug-likeness (QED) is 0.0799. The van der Waals surface area contributed by atoms with E-state index in [1.54, 1.807) is 51.1 Å². The summed E-state index contributed by atoms with van der Waals surface area (Å²) in [6, 6.07) is 15.9. The maximum Gasteiger partial charge on any atom is 0.226 e. The minimum absolute atomic E-state index is 0.0165. The van der Waals surface area contributed by atoms with E-state index < -0.39 is 53.8 Å². The minimum atomic E-state index is -1.41. The Kier molecular flexibility index (Phi) is 18.6. The van der Waals surface area contributed by atoms with E-state index in [0.29, 0.717) is 39.7 Å². The van der Waals surface area contributed by atoms with Crippen molar-refractivity contribution in [3.8, 4) is 40.1 Å². The zero-order valence-corrected chi connectivity index (χ0v) is 41.4. The van der Waals surface area contributed by atoms with Crippen LogP contribution in [0.5, 0.6) is 11.5 Å². The third-order valence-corrected chi connectivity index (χ3v) is 12.4. The van der Waals surface area contributed by atoms with Crippen molar-refractivity contribution >= 4 is 35.1 Å². The molecule has 4 bridgehead atoms. The van der Waals surface area contributed by atoms with Crippen LogP contribution in [-0.2, 0) is 42.2 Å². The predicted octanol–water partition coefficient (Wildman–Crippen LogP) is 4.67. The molecule has 4 atom stereocenters. The fourth-order valence-electron chi connectivity index (χ4n) is 8.83. The van der Waals surface area contributed by atoms with E-state index in [-0.39, 0.29) is 111 Å². The van der Waals surface area contributed by atoms with Crippen LogP contribution < -0.4 is 37.7 Å². The standard InChI is InChI=1S/C53H67N9O8/c1-30-23-44(65)48(62(7)52(68)35(16-18-55)28-43(64)47-31(2)59-50(60-32(47)3)34-11-13-38(14-12-34)53(4,5)6)36-26-37(29-46(58)66)49(70-22-20-57)40(27-36)39-24-33(10-15-45(39)69-21-19-56)25-41(61-51(30)67)42(63)9-8-17-54/h10-15,24,26-27,30,35,41,48H,8-9,16,18-23,25,28-29,55-57H2,1-7H3,(H2,58,66)(H,61,67)/t30-,35-,41+,48+/m1/s1. The Morgan fingerprint density at radius 2 is 1.56 bits per heavy atom. The van der Waals surface area contributed by atoms with Crippen LogP contribution in [-0.4, -0.2) is 95.9 Å². The summed E-state index contributed by atoms with van der Waals surface area (Å²) < 4.78 is 12.4. The van der Waals surface area contributed by atoms with Crippen molar-refractivity contribution in [3.63, 3.8) is 0 Å². The van der Waals surface area contributed by atoms with Crippen LogP contribution in [0.15, 0.2) is 54.6 Å². The first-order valence-corrected chi connectivity index (χ1v) is 23.7. The van der Waals surface area contributed by atoms with E-state index in [4.69, 9.17) is 42.4 Å². The molecule has 3 aromatic carbocycles. The lowest BCUT2D eigenvalue weighted by Gasteiger charge is -2.33. The van der Waals surface area contributed by atoms with Crippen molar-refractivity contribution in [3.05, 3.63) is 93.8 Å². The van der Waals surface area contributed by atoms with Crippen molar-refractivity contribution in [2.75, 3.05) is 39.9 Å². The van der Waals surface area contributed by atoms with Crippen LogP contribution in [0.4, 0.5) is 0 Å². The molecule has 2 heterocycles. The number of aromatic nitrogens is 2. The molecular formula is C53H67N9O8. The number of ether oxygens (including phenoxy) is 2. The van der Waals surface area contributed by atoms with Crippen LogP contribution >= 0.6 is 0 Å². The van der Waals surface area contributed by atoms with E-state index in [9.17, 15) is 29.2 Å². The molecule has 5 rings (SSSR count). The molecule has 0 fully saturated rings. The number of fused-ring (bicyclic) bond motifs is 5. The lowest BCUT2D eigenvalue weighted by Crippen LogP contribution is -2.46. The summed E-state index contributed by atoms with van der Waals surface area (Å²) in [6.07, 6.45) is -1.13. The first-order chi connectivity index (χ1) is 33.2. The molecule has 0 spiro atoms. The molecule has 0 radical (unpaired) electrons. The maximum atomic E-state index is 15.0. The molecule has 3 amide bonds. The zero-order chi connectivity index (χ0) is 51.4. The Balaban J connectivity index is 1.66. The second-order valence-corrected chi connectivity index (χ2v) is 18.9. The van der Waals surface area contributed by atoms with Gasteiger partial charge in [0.25, 0.3) is 0 Å². The number of nitriles is 1. The van der Waals surface area contributed by atoms with Crippen molar-refractivity contribution in [1.82, 2.24) is 20.2 Å². The average Bonchev–Trinajstić information content (AvgIpc) is 3.30. The summed E-state index contributed by atoms with van der Waals surface area (Å²) in [4.78, 5) is 95.4. The van der Waals surface area contributed by atoms with Gasteiger partial charge >= 0.3 is 0 Å². The summed E-state index contributed by atoms with van der Waals surface area (Å²) in [5, 5.41) is 12.1. The van der Waals surface area contributed by atoms with Crippen LogP contribution in [0.3, 0.4) is 0 Å². The normalized spacial score (nSPS) is 16.6.